The van der Waals surface area contributed by atoms with Crippen molar-refractivity contribution in [1.29, 1.82) is 0 Å². The Morgan fingerprint density at radius 1 is 1.08 bits per heavy atom. The molecule has 2 atom stereocenters. The van der Waals surface area contributed by atoms with Crippen LogP contribution in [-0.2, 0) is 14.3 Å². The number of nitrogens with zero attached hydrogens (tertiary/aromatic N) is 1. The van der Waals surface area contributed by atoms with Crippen molar-refractivity contribution in [2.75, 3.05) is 26.3 Å². The van der Waals surface area contributed by atoms with Crippen LogP contribution in [0.25, 0.3) is 0 Å². The van der Waals surface area contributed by atoms with Gasteiger partial charge >= 0.3 is 11.9 Å². The molecule has 1 aromatic heterocycles. The highest BCUT2D eigenvalue weighted by Crippen LogP contribution is 2.22. The topological polar surface area (TPSA) is 88.7 Å². The highest BCUT2D eigenvalue weighted by molar-refractivity contribution is 5.99. The minimum Gasteiger partial charge on any atom is -0.461 e. The number of amides is 1. The first-order valence-electron chi connectivity index (χ1n) is 9.05. The molecule has 1 fully saturated rings. The van der Waals surface area contributed by atoms with E-state index < -0.39 is 11.9 Å². The molecule has 1 saturated heterocycles. The third kappa shape index (κ3) is 4.45. The van der Waals surface area contributed by atoms with E-state index in [0.29, 0.717) is 36.2 Å². The number of carbonyl (C=O) groups is 3. The summed E-state index contributed by atoms with van der Waals surface area (Å²) in [6, 6.07) is 0. The lowest BCUT2D eigenvalue weighted by Gasteiger charge is -2.34. The average Bonchev–Trinajstić information content (AvgIpc) is 2.86. The normalized spacial score (nSPS) is 20.0. The first-order valence-corrected chi connectivity index (χ1v) is 9.05. The predicted octanol–water partition coefficient (Wildman–Crippen LogP) is 2.47. The largest absolute Gasteiger partial charge is 0.461 e. The van der Waals surface area contributed by atoms with Crippen LogP contribution in [0, 0.1) is 25.7 Å². The van der Waals surface area contributed by atoms with Crippen LogP contribution in [-0.4, -0.2) is 54.0 Å². The molecule has 1 aliphatic heterocycles. The number of nitrogens with one attached hydrogen (secondary N) is 1. The molecule has 26 heavy (non-hydrogen) atoms. The monoisotopic (exact) mass is 364 g/mol. The maximum Gasteiger partial charge on any atom is 0.355 e. The molecule has 1 N–H and O–H groups in total. The molecule has 0 saturated carbocycles. The lowest BCUT2D eigenvalue weighted by molar-refractivity contribution is -0.137. The van der Waals surface area contributed by atoms with Crippen molar-refractivity contribution in [3.63, 3.8) is 0 Å². The molecule has 1 aliphatic rings. The van der Waals surface area contributed by atoms with Gasteiger partial charge < -0.3 is 19.4 Å². The Morgan fingerprint density at radius 2 is 1.69 bits per heavy atom. The molecule has 7 nitrogen and oxygen atoms in total. The van der Waals surface area contributed by atoms with Crippen LogP contribution in [0.3, 0.4) is 0 Å². The molecule has 1 aromatic rings. The number of H-pyrrole nitrogens is 1. The number of aromatic amines is 1. The maximum atomic E-state index is 12.4. The summed E-state index contributed by atoms with van der Waals surface area (Å²) in [7, 11) is 0. The highest BCUT2D eigenvalue weighted by Gasteiger charge is 2.28. The third-order valence-corrected chi connectivity index (χ3v) is 4.67. The van der Waals surface area contributed by atoms with Crippen molar-refractivity contribution in [3.8, 4) is 0 Å². The quantitative estimate of drug-likeness (QED) is 0.811. The molecular formula is C19H28N2O5. The molecule has 0 aromatic carbocycles. The van der Waals surface area contributed by atoms with E-state index in [4.69, 9.17) is 9.47 Å². The molecule has 1 amide bonds. The molecule has 2 heterocycles. The Bertz CT molecular complexity index is 684. The van der Waals surface area contributed by atoms with E-state index in [0.717, 1.165) is 6.42 Å². The molecule has 7 heteroatoms. The van der Waals surface area contributed by atoms with Crippen molar-refractivity contribution >= 4 is 17.8 Å². The average molecular weight is 364 g/mol. The molecule has 144 valence electrons. The first kappa shape index (κ1) is 20.0. The Labute approximate surface area is 154 Å². The number of ether oxygens (including phenoxy) is 2. The lowest BCUT2D eigenvalue weighted by atomic mass is 9.92. The number of carbonyl (C=O) groups excluding carboxylic acids is 3. The van der Waals surface area contributed by atoms with E-state index in [-0.39, 0.29) is 30.4 Å². The summed E-state index contributed by atoms with van der Waals surface area (Å²) < 4.78 is 10.2. The van der Waals surface area contributed by atoms with E-state index in [1.807, 2.05) is 0 Å². The highest BCUT2D eigenvalue weighted by atomic mass is 16.5. The molecule has 0 spiro atoms. The van der Waals surface area contributed by atoms with E-state index in [1.165, 1.54) is 0 Å². The van der Waals surface area contributed by atoms with Crippen molar-refractivity contribution in [1.82, 2.24) is 9.88 Å². The number of aryl methyl sites for hydroxylation is 1. The summed E-state index contributed by atoms with van der Waals surface area (Å²) in [5.41, 5.74) is 1.50. The van der Waals surface area contributed by atoms with Gasteiger partial charge in [0, 0.05) is 18.8 Å². The zero-order valence-corrected chi connectivity index (χ0v) is 16.2. The Morgan fingerprint density at radius 3 is 2.27 bits per heavy atom. The minimum absolute atomic E-state index is 0.187. The van der Waals surface area contributed by atoms with Gasteiger partial charge in [-0.1, -0.05) is 13.8 Å². The number of aromatic nitrogens is 1. The second kappa shape index (κ2) is 8.38. The van der Waals surface area contributed by atoms with Crippen LogP contribution in [0.1, 0.15) is 59.3 Å². The smallest absolute Gasteiger partial charge is 0.355 e. The van der Waals surface area contributed by atoms with Gasteiger partial charge in [0.2, 0.25) is 0 Å². The number of likely N-dealkylation sites (tertiary alicyclic amines) is 1. The van der Waals surface area contributed by atoms with Crippen LogP contribution < -0.4 is 0 Å². The van der Waals surface area contributed by atoms with Crippen LogP contribution in [0.2, 0.25) is 0 Å². The lowest BCUT2D eigenvalue weighted by Crippen LogP contribution is -2.44. The second-order valence-corrected chi connectivity index (χ2v) is 7.17. The zero-order chi connectivity index (χ0) is 19.4. The van der Waals surface area contributed by atoms with E-state index >= 15 is 0 Å². The molecular weight excluding hydrogens is 336 g/mol. The number of esters is 2. The number of piperidine rings is 1. The predicted molar refractivity (Wildman–Crippen MR) is 96.0 cm³/mol. The summed E-state index contributed by atoms with van der Waals surface area (Å²) in [5, 5.41) is 0. The summed E-state index contributed by atoms with van der Waals surface area (Å²) >= 11 is 0. The van der Waals surface area contributed by atoms with Gasteiger partial charge in [-0.25, -0.2) is 9.59 Å². The van der Waals surface area contributed by atoms with Crippen molar-refractivity contribution in [2.45, 2.75) is 41.0 Å². The van der Waals surface area contributed by atoms with Crippen molar-refractivity contribution < 1.29 is 23.9 Å². The standard InChI is InChI=1S/C19H28N2O5/c1-6-25-19(24)17-13(4)16(14(5)20-17)18(23)26-10-15(22)21-8-11(2)7-12(3)9-21/h11-12,20H,6-10H2,1-5H3/t11-,12-/m0/s1. The van der Waals surface area contributed by atoms with Gasteiger partial charge in [0.25, 0.3) is 5.91 Å². The molecule has 0 bridgehead atoms. The molecule has 2 rings (SSSR count). The van der Waals surface area contributed by atoms with Gasteiger partial charge in [0.05, 0.1) is 12.2 Å². The molecule has 0 unspecified atom stereocenters. The van der Waals surface area contributed by atoms with E-state index in [9.17, 15) is 14.4 Å². The van der Waals surface area contributed by atoms with Gasteiger partial charge in [-0.2, -0.15) is 0 Å². The van der Waals surface area contributed by atoms with Crippen LogP contribution in [0.15, 0.2) is 0 Å². The van der Waals surface area contributed by atoms with Gasteiger partial charge in [-0.05, 0) is 44.6 Å². The van der Waals surface area contributed by atoms with E-state index in [1.54, 1.807) is 25.7 Å². The van der Waals surface area contributed by atoms with Crippen molar-refractivity contribution in [3.05, 3.63) is 22.5 Å². The van der Waals surface area contributed by atoms with Crippen molar-refractivity contribution in [2.24, 2.45) is 11.8 Å². The Kier molecular flexibility index (Phi) is 6.45. The molecule has 0 radical (unpaired) electrons. The fraction of sp³-hybridized carbons (Fsp3) is 0.632. The van der Waals surface area contributed by atoms with Gasteiger partial charge in [-0.3, -0.25) is 4.79 Å². The number of hydrogen-bond acceptors (Lipinski definition) is 5. The molecule has 0 aliphatic carbocycles. The SMILES string of the molecule is CCOC(=O)c1[nH]c(C)c(C(=O)OCC(=O)N2C[C@@H](C)C[C@H](C)C2)c1C. The van der Waals surface area contributed by atoms with Gasteiger partial charge in [-0.15, -0.1) is 0 Å². The Balaban J connectivity index is 2.02. The van der Waals surface area contributed by atoms with Crippen LogP contribution in [0.5, 0.6) is 0 Å². The first-order chi connectivity index (χ1) is 12.2. The fourth-order valence-electron chi connectivity index (χ4n) is 3.62. The zero-order valence-electron chi connectivity index (χ0n) is 16.2. The van der Waals surface area contributed by atoms with Gasteiger partial charge in [0.1, 0.15) is 5.69 Å². The van der Waals surface area contributed by atoms with Crippen LogP contribution in [0.4, 0.5) is 0 Å². The Hall–Kier alpha value is -2.31. The summed E-state index contributed by atoms with van der Waals surface area (Å²) in [4.78, 5) is 41.3. The summed E-state index contributed by atoms with van der Waals surface area (Å²) in [6.45, 7) is 10.6. The maximum absolute atomic E-state index is 12.4. The number of rotatable bonds is 5. The second-order valence-electron chi connectivity index (χ2n) is 7.17. The number of hydrogen-bond donors (Lipinski definition) is 1. The van der Waals surface area contributed by atoms with Crippen LogP contribution >= 0.6 is 0 Å². The van der Waals surface area contributed by atoms with E-state index in [2.05, 4.69) is 18.8 Å². The third-order valence-electron chi connectivity index (χ3n) is 4.67. The van der Waals surface area contributed by atoms with Gasteiger partial charge in [0.15, 0.2) is 6.61 Å². The fourth-order valence-corrected chi connectivity index (χ4v) is 3.62. The summed E-state index contributed by atoms with van der Waals surface area (Å²) in [5.74, 6) is -0.426. The summed E-state index contributed by atoms with van der Waals surface area (Å²) in [6.07, 6.45) is 1.10. The minimum atomic E-state index is -0.613.